The molecule has 1 heterocycles. The maximum atomic E-state index is 13.1. The summed E-state index contributed by atoms with van der Waals surface area (Å²) in [5, 5.41) is 22.5. The van der Waals surface area contributed by atoms with Crippen LogP contribution >= 0.6 is 24.0 Å². The number of rotatable bonds is 8. The second kappa shape index (κ2) is 11.3. The van der Waals surface area contributed by atoms with Crippen LogP contribution < -0.4 is 14.4 Å². The number of amides is 1. The number of nitro groups is 2. The maximum Gasteiger partial charge on any atom is 0.416 e. The van der Waals surface area contributed by atoms with Gasteiger partial charge in [0.15, 0.2) is 15.8 Å². The number of ether oxygens (including phenoxy) is 2. The number of anilines is 1. The van der Waals surface area contributed by atoms with Gasteiger partial charge in [0.05, 0.1) is 32.6 Å². The fraction of sp³-hybridized carbons (Fsp3) is 0.120. The SMILES string of the molecule is CCOc1cc(/C=C2\SC(=S)N(c3cccc([N+](=O)[O-])c3)C2=O)ccc1Oc1ccc(C(F)(F)F)cc1[N+](=O)[O-]. The van der Waals surface area contributed by atoms with Gasteiger partial charge < -0.3 is 9.47 Å². The lowest BCUT2D eigenvalue weighted by Crippen LogP contribution is -2.27. The molecule has 40 heavy (non-hydrogen) atoms. The van der Waals surface area contributed by atoms with E-state index in [0.29, 0.717) is 17.7 Å². The first-order valence-corrected chi connectivity index (χ1v) is 12.4. The molecule has 10 nitrogen and oxygen atoms in total. The number of carbonyl (C=O) groups is 1. The Balaban J connectivity index is 1.64. The molecule has 1 amide bonds. The molecule has 1 fully saturated rings. The Labute approximate surface area is 233 Å². The number of hydrogen-bond acceptors (Lipinski definition) is 9. The lowest BCUT2D eigenvalue weighted by atomic mass is 10.1. The summed E-state index contributed by atoms with van der Waals surface area (Å²) in [7, 11) is 0. The molecule has 0 radical (unpaired) electrons. The van der Waals surface area contributed by atoms with Crippen molar-refractivity contribution in [3.8, 4) is 17.2 Å². The Morgan fingerprint density at radius 2 is 1.73 bits per heavy atom. The number of thioether (sulfide) groups is 1. The van der Waals surface area contributed by atoms with E-state index in [9.17, 15) is 38.2 Å². The molecule has 0 aliphatic carbocycles. The first kappa shape index (κ1) is 28.5. The Morgan fingerprint density at radius 3 is 2.38 bits per heavy atom. The van der Waals surface area contributed by atoms with Crippen molar-refractivity contribution in [3.63, 3.8) is 0 Å². The summed E-state index contributed by atoms with van der Waals surface area (Å²) in [5.41, 5.74) is -1.60. The van der Waals surface area contributed by atoms with Gasteiger partial charge in [-0.25, -0.2) is 0 Å². The van der Waals surface area contributed by atoms with Crippen molar-refractivity contribution in [2.24, 2.45) is 0 Å². The van der Waals surface area contributed by atoms with Crippen molar-refractivity contribution in [2.45, 2.75) is 13.1 Å². The van der Waals surface area contributed by atoms with E-state index in [1.807, 2.05) is 0 Å². The lowest BCUT2D eigenvalue weighted by Gasteiger charge is -2.14. The van der Waals surface area contributed by atoms with E-state index >= 15 is 0 Å². The van der Waals surface area contributed by atoms with Gasteiger partial charge in [0.1, 0.15) is 0 Å². The average Bonchev–Trinajstić information content (AvgIpc) is 3.17. The standard InChI is InChI=1S/C25H16F3N3O7S2/c1-2-37-21-10-14(6-8-20(21)38-19-9-7-15(25(26,27)28)12-18(19)31(35)36)11-22-23(32)29(24(39)40-22)16-4-3-5-17(13-16)30(33)34/h3-13H,2H2,1H3/b22-11-. The van der Waals surface area contributed by atoms with Gasteiger partial charge in [-0.1, -0.05) is 36.1 Å². The normalized spacial score (nSPS) is 14.5. The molecule has 4 rings (SSSR count). The summed E-state index contributed by atoms with van der Waals surface area (Å²) >= 11 is 6.30. The van der Waals surface area contributed by atoms with Gasteiger partial charge in [0, 0.05) is 18.2 Å². The van der Waals surface area contributed by atoms with Gasteiger partial charge in [0.25, 0.3) is 11.6 Å². The van der Waals surface area contributed by atoms with Crippen LogP contribution in [0.3, 0.4) is 0 Å². The number of thiocarbonyl (C=S) groups is 1. The molecule has 0 unspecified atom stereocenters. The van der Waals surface area contributed by atoms with E-state index in [2.05, 4.69) is 0 Å². The van der Waals surface area contributed by atoms with E-state index in [4.69, 9.17) is 21.7 Å². The number of benzene rings is 3. The molecule has 0 atom stereocenters. The Bertz CT molecular complexity index is 1580. The molecular weight excluding hydrogens is 575 g/mol. The van der Waals surface area contributed by atoms with Crippen LogP contribution in [0.5, 0.6) is 17.2 Å². The monoisotopic (exact) mass is 591 g/mol. The highest BCUT2D eigenvalue weighted by atomic mass is 32.2. The summed E-state index contributed by atoms with van der Waals surface area (Å²) in [5.74, 6) is -0.829. The molecule has 0 spiro atoms. The van der Waals surface area contributed by atoms with Gasteiger partial charge >= 0.3 is 11.9 Å². The second-order valence-corrected chi connectivity index (χ2v) is 9.65. The highest BCUT2D eigenvalue weighted by Gasteiger charge is 2.35. The Kier molecular flexibility index (Phi) is 8.06. The molecule has 0 bridgehead atoms. The summed E-state index contributed by atoms with van der Waals surface area (Å²) in [6, 6.07) is 11.7. The van der Waals surface area contributed by atoms with Crippen molar-refractivity contribution in [2.75, 3.05) is 11.5 Å². The van der Waals surface area contributed by atoms with Crippen LogP contribution in [0.15, 0.2) is 65.6 Å². The summed E-state index contributed by atoms with van der Waals surface area (Å²) < 4.78 is 50.4. The number of nitro benzene ring substituents is 2. The van der Waals surface area contributed by atoms with Crippen molar-refractivity contribution in [1.82, 2.24) is 0 Å². The van der Waals surface area contributed by atoms with Gasteiger partial charge in [-0.2, -0.15) is 13.2 Å². The van der Waals surface area contributed by atoms with Crippen LogP contribution in [-0.2, 0) is 11.0 Å². The highest BCUT2D eigenvalue weighted by molar-refractivity contribution is 8.27. The molecule has 3 aromatic carbocycles. The predicted molar refractivity (Wildman–Crippen MR) is 145 cm³/mol. The largest absolute Gasteiger partial charge is 0.490 e. The van der Waals surface area contributed by atoms with E-state index in [-0.39, 0.29) is 38.7 Å². The Hall–Kier alpha value is -4.50. The number of nitrogens with zero attached hydrogens (tertiary/aromatic N) is 3. The van der Waals surface area contributed by atoms with Gasteiger partial charge in [-0.3, -0.25) is 29.9 Å². The van der Waals surface area contributed by atoms with Gasteiger partial charge in [-0.15, -0.1) is 0 Å². The molecule has 1 aliphatic heterocycles. The molecule has 0 saturated carbocycles. The zero-order valence-electron chi connectivity index (χ0n) is 20.2. The van der Waals surface area contributed by atoms with E-state index in [0.717, 1.165) is 17.8 Å². The smallest absolute Gasteiger partial charge is 0.416 e. The topological polar surface area (TPSA) is 125 Å². The van der Waals surface area contributed by atoms with Crippen molar-refractivity contribution in [3.05, 3.63) is 96.9 Å². The lowest BCUT2D eigenvalue weighted by molar-refractivity contribution is -0.385. The van der Waals surface area contributed by atoms with Crippen LogP contribution in [0.4, 0.5) is 30.2 Å². The molecule has 0 N–H and O–H groups in total. The van der Waals surface area contributed by atoms with Crippen LogP contribution in [0.2, 0.25) is 0 Å². The summed E-state index contributed by atoms with van der Waals surface area (Å²) in [4.78, 5) is 35.5. The maximum absolute atomic E-state index is 13.1. The van der Waals surface area contributed by atoms with E-state index < -0.39 is 38.9 Å². The number of non-ortho nitro benzene ring substituents is 1. The first-order valence-electron chi connectivity index (χ1n) is 11.2. The number of halogens is 3. The third-order valence-electron chi connectivity index (χ3n) is 5.36. The van der Waals surface area contributed by atoms with Crippen LogP contribution in [0.1, 0.15) is 18.1 Å². The van der Waals surface area contributed by atoms with E-state index in [1.165, 1.54) is 53.4 Å². The average molecular weight is 592 g/mol. The summed E-state index contributed by atoms with van der Waals surface area (Å²) in [6.07, 6.45) is -3.28. The molecule has 1 saturated heterocycles. The van der Waals surface area contributed by atoms with E-state index in [1.54, 1.807) is 6.92 Å². The molecule has 0 aromatic heterocycles. The molecular formula is C25H16F3N3O7S2. The molecule has 15 heteroatoms. The molecule has 3 aromatic rings. The zero-order chi connectivity index (χ0) is 29.2. The van der Waals surface area contributed by atoms with Crippen molar-refractivity contribution >= 4 is 57.3 Å². The third kappa shape index (κ3) is 6.05. The fourth-order valence-electron chi connectivity index (χ4n) is 3.60. The zero-order valence-corrected chi connectivity index (χ0v) is 21.8. The second-order valence-electron chi connectivity index (χ2n) is 7.97. The number of alkyl halides is 3. The minimum atomic E-state index is -4.78. The molecule has 1 aliphatic rings. The first-order chi connectivity index (χ1) is 18.9. The van der Waals surface area contributed by atoms with Gasteiger partial charge in [-0.05, 0) is 48.9 Å². The molecule has 206 valence electrons. The predicted octanol–water partition coefficient (Wildman–Crippen LogP) is 7.12. The van der Waals surface area contributed by atoms with Crippen LogP contribution in [0, 0.1) is 20.2 Å². The third-order valence-corrected chi connectivity index (χ3v) is 6.66. The quantitative estimate of drug-likeness (QED) is 0.116. The van der Waals surface area contributed by atoms with Gasteiger partial charge in [0.2, 0.25) is 5.75 Å². The van der Waals surface area contributed by atoms with Crippen LogP contribution in [0.25, 0.3) is 6.08 Å². The minimum Gasteiger partial charge on any atom is -0.490 e. The summed E-state index contributed by atoms with van der Waals surface area (Å²) in [6.45, 7) is 1.82. The number of carbonyl (C=O) groups excluding carboxylic acids is 1. The number of hydrogen-bond donors (Lipinski definition) is 0. The van der Waals surface area contributed by atoms with Crippen LogP contribution in [-0.4, -0.2) is 26.7 Å². The highest BCUT2D eigenvalue weighted by Crippen LogP contribution is 2.42. The van der Waals surface area contributed by atoms with Crippen molar-refractivity contribution < 1.29 is 37.3 Å². The minimum absolute atomic E-state index is 0.00833. The van der Waals surface area contributed by atoms with Crippen molar-refractivity contribution in [1.29, 1.82) is 0 Å². The Morgan fingerprint density at radius 1 is 1.00 bits per heavy atom. The fourth-order valence-corrected chi connectivity index (χ4v) is 4.89.